The molecule has 7 heteroatoms. The molecule has 1 heterocycles. The molecule has 2 aromatic rings. The van der Waals surface area contributed by atoms with Crippen molar-refractivity contribution in [2.24, 2.45) is 0 Å². The summed E-state index contributed by atoms with van der Waals surface area (Å²) < 4.78 is 5.26. The van der Waals surface area contributed by atoms with Gasteiger partial charge in [0.2, 0.25) is 0 Å². The smallest absolute Gasteiger partial charge is 0.258 e. The number of anilines is 1. The molecule has 0 fully saturated rings. The Morgan fingerprint density at radius 3 is 2.38 bits per heavy atom. The zero-order chi connectivity index (χ0) is 15.4. The van der Waals surface area contributed by atoms with Crippen molar-refractivity contribution in [2.75, 3.05) is 25.4 Å². The first kappa shape index (κ1) is 16.1. The molecule has 0 unspecified atom stereocenters. The van der Waals surface area contributed by atoms with Crippen LogP contribution in [0.1, 0.15) is 19.7 Å². The average Bonchev–Trinajstić information content (AvgIpc) is 2.94. The van der Waals surface area contributed by atoms with Crippen LogP contribution in [0.2, 0.25) is 10.0 Å². The van der Waals surface area contributed by atoms with E-state index in [-0.39, 0.29) is 0 Å². The normalized spacial score (nSPS) is 11.3. The third-order valence-corrected chi connectivity index (χ3v) is 3.97. The first-order chi connectivity index (χ1) is 10.0. The standard InChI is InChI=1S/C14H18Cl2N4O/c1-3-20(4-2)6-5-12-18-14(21-19-12)9-7-10(15)13(17)11(16)8-9/h7-8H,3-6,17H2,1-2H3. The Morgan fingerprint density at radius 1 is 1.19 bits per heavy atom. The van der Waals surface area contributed by atoms with Crippen LogP contribution in [0.25, 0.3) is 11.5 Å². The summed E-state index contributed by atoms with van der Waals surface area (Å²) in [6.45, 7) is 7.16. The molecule has 0 bridgehead atoms. The van der Waals surface area contributed by atoms with Gasteiger partial charge in [-0.1, -0.05) is 42.2 Å². The molecule has 0 amide bonds. The van der Waals surface area contributed by atoms with Crippen LogP contribution in [0, 0.1) is 0 Å². The number of hydrogen-bond acceptors (Lipinski definition) is 5. The van der Waals surface area contributed by atoms with Crippen LogP contribution < -0.4 is 5.73 Å². The molecule has 0 radical (unpaired) electrons. The van der Waals surface area contributed by atoms with Gasteiger partial charge in [0.25, 0.3) is 5.89 Å². The summed E-state index contributed by atoms with van der Waals surface area (Å²) in [6.07, 6.45) is 0.738. The average molecular weight is 329 g/mol. The Kier molecular flexibility index (Phi) is 5.45. The molecule has 0 atom stereocenters. The number of benzene rings is 1. The SMILES string of the molecule is CCN(CC)CCc1noc(-c2cc(Cl)c(N)c(Cl)c2)n1. The van der Waals surface area contributed by atoms with Crippen LogP contribution in [0.5, 0.6) is 0 Å². The van der Waals surface area contributed by atoms with Gasteiger partial charge in [0, 0.05) is 18.5 Å². The predicted octanol–water partition coefficient (Wildman–Crippen LogP) is 3.51. The van der Waals surface area contributed by atoms with Crippen LogP contribution in [-0.2, 0) is 6.42 Å². The zero-order valence-corrected chi connectivity index (χ0v) is 13.6. The number of halogens is 2. The van der Waals surface area contributed by atoms with E-state index < -0.39 is 0 Å². The van der Waals surface area contributed by atoms with Gasteiger partial charge in [-0.2, -0.15) is 4.98 Å². The van der Waals surface area contributed by atoms with E-state index in [0.29, 0.717) is 33.0 Å². The molecule has 114 valence electrons. The summed E-state index contributed by atoms with van der Waals surface area (Å²) in [5.41, 5.74) is 6.73. The van der Waals surface area contributed by atoms with Crippen molar-refractivity contribution < 1.29 is 4.52 Å². The van der Waals surface area contributed by atoms with Crippen molar-refractivity contribution in [3.05, 3.63) is 28.0 Å². The minimum absolute atomic E-state index is 0.350. The molecule has 0 saturated carbocycles. The van der Waals surface area contributed by atoms with Crippen molar-refractivity contribution in [2.45, 2.75) is 20.3 Å². The lowest BCUT2D eigenvalue weighted by atomic mass is 10.2. The largest absolute Gasteiger partial charge is 0.396 e. The first-order valence-corrected chi connectivity index (χ1v) is 7.60. The van der Waals surface area contributed by atoms with Crippen molar-refractivity contribution in [3.8, 4) is 11.5 Å². The first-order valence-electron chi connectivity index (χ1n) is 6.85. The number of nitrogens with two attached hydrogens (primary N) is 1. The van der Waals surface area contributed by atoms with Crippen molar-refractivity contribution in [1.82, 2.24) is 15.0 Å². The van der Waals surface area contributed by atoms with Gasteiger partial charge < -0.3 is 15.2 Å². The molecule has 0 spiro atoms. The fourth-order valence-electron chi connectivity index (χ4n) is 1.98. The van der Waals surface area contributed by atoms with Crippen LogP contribution in [0.4, 0.5) is 5.69 Å². The fourth-order valence-corrected chi connectivity index (χ4v) is 2.47. The summed E-state index contributed by atoms with van der Waals surface area (Å²) in [4.78, 5) is 6.67. The Morgan fingerprint density at radius 2 is 1.81 bits per heavy atom. The van der Waals surface area contributed by atoms with Gasteiger partial charge in [-0.15, -0.1) is 0 Å². The summed E-state index contributed by atoms with van der Waals surface area (Å²) >= 11 is 12.0. The molecule has 0 aliphatic rings. The van der Waals surface area contributed by atoms with E-state index in [1.807, 2.05) is 0 Å². The predicted molar refractivity (Wildman–Crippen MR) is 85.7 cm³/mol. The highest BCUT2D eigenvalue weighted by molar-refractivity contribution is 6.39. The maximum Gasteiger partial charge on any atom is 0.258 e. The van der Waals surface area contributed by atoms with Crippen LogP contribution in [-0.4, -0.2) is 34.7 Å². The van der Waals surface area contributed by atoms with Gasteiger partial charge in [-0.3, -0.25) is 0 Å². The molecule has 5 nitrogen and oxygen atoms in total. The van der Waals surface area contributed by atoms with E-state index in [0.717, 1.165) is 26.1 Å². The van der Waals surface area contributed by atoms with Gasteiger partial charge >= 0.3 is 0 Å². The maximum atomic E-state index is 6.01. The van der Waals surface area contributed by atoms with Crippen LogP contribution in [0.3, 0.4) is 0 Å². The van der Waals surface area contributed by atoms with Gasteiger partial charge in [0.05, 0.1) is 15.7 Å². The maximum absolute atomic E-state index is 6.01. The molecule has 2 rings (SSSR count). The van der Waals surface area contributed by atoms with Crippen molar-refractivity contribution in [3.63, 3.8) is 0 Å². The minimum atomic E-state index is 0.350. The number of nitrogens with zero attached hydrogens (tertiary/aromatic N) is 3. The van der Waals surface area contributed by atoms with Crippen molar-refractivity contribution >= 4 is 28.9 Å². The van der Waals surface area contributed by atoms with E-state index in [1.54, 1.807) is 12.1 Å². The summed E-state index contributed by atoms with van der Waals surface area (Å²) in [5.74, 6) is 1.06. The van der Waals surface area contributed by atoms with Crippen molar-refractivity contribution in [1.29, 1.82) is 0 Å². The second-order valence-corrected chi connectivity index (χ2v) is 5.46. The lowest BCUT2D eigenvalue weighted by Gasteiger charge is -2.16. The number of likely N-dealkylation sites (N-methyl/N-ethyl adjacent to an activating group) is 1. The Balaban J connectivity index is 2.13. The van der Waals surface area contributed by atoms with E-state index >= 15 is 0 Å². The number of nitrogen functional groups attached to an aromatic ring is 1. The third-order valence-electron chi connectivity index (χ3n) is 3.34. The van der Waals surface area contributed by atoms with E-state index in [2.05, 4.69) is 28.9 Å². The van der Waals surface area contributed by atoms with E-state index in [1.165, 1.54) is 0 Å². The molecule has 21 heavy (non-hydrogen) atoms. The summed E-state index contributed by atoms with van der Waals surface area (Å²) in [6, 6.07) is 3.34. The van der Waals surface area contributed by atoms with Gasteiger partial charge in [0.1, 0.15) is 0 Å². The minimum Gasteiger partial charge on any atom is -0.396 e. The topological polar surface area (TPSA) is 68.2 Å². The molecular weight excluding hydrogens is 311 g/mol. The summed E-state index contributed by atoms with van der Waals surface area (Å²) in [7, 11) is 0. The highest BCUT2D eigenvalue weighted by atomic mass is 35.5. The van der Waals surface area contributed by atoms with Gasteiger partial charge in [-0.05, 0) is 25.2 Å². The Bertz CT molecular complexity index is 588. The second kappa shape index (κ2) is 7.11. The monoisotopic (exact) mass is 328 g/mol. The third kappa shape index (κ3) is 3.87. The molecule has 1 aromatic heterocycles. The van der Waals surface area contributed by atoms with E-state index in [9.17, 15) is 0 Å². The molecular formula is C14H18Cl2N4O. The van der Waals surface area contributed by atoms with Gasteiger partial charge in [-0.25, -0.2) is 0 Å². The molecule has 1 aromatic carbocycles. The number of hydrogen-bond donors (Lipinski definition) is 1. The molecule has 2 N–H and O–H groups in total. The number of aromatic nitrogens is 2. The van der Waals surface area contributed by atoms with Gasteiger partial charge in [0.15, 0.2) is 5.82 Å². The highest BCUT2D eigenvalue weighted by Crippen LogP contribution is 2.32. The van der Waals surface area contributed by atoms with E-state index in [4.69, 9.17) is 33.5 Å². The fraction of sp³-hybridized carbons (Fsp3) is 0.429. The molecule has 0 saturated heterocycles. The Labute approximate surface area is 134 Å². The van der Waals surface area contributed by atoms with Crippen LogP contribution >= 0.6 is 23.2 Å². The Hall–Kier alpha value is -1.30. The second-order valence-electron chi connectivity index (χ2n) is 4.65. The van der Waals surface area contributed by atoms with Crippen LogP contribution in [0.15, 0.2) is 16.7 Å². The molecule has 0 aliphatic carbocycles. The summed E-state index contributed by atoms with van der Waals surface area (Å²) in [5, 5.41) is 4.74. The zero-order valence-electron chi connectivity index (χ0n) is 12.1. The highest BCUT2D eigenvalue weighted by Gasteiger charge is 2.13. The number of rotatable bonds is 6. The lowest BCUT2D eigenvalue weighted by molar-refractivity contribution is 0.303. The molecule has 0 aliphatic heterocycles. The quantitative estimate of drug-likeness (QED) is 0.822. The lowest BCUT2D eigenvalue weighted by Crippen LogP contribution is -2.25.